The molecule has 2 saturated carbocycles. The van der Waals surface area contributed by atoms with Gasteiger partial charge in [-0.1, -0.05) is 23.2 Å². The molecule has 6 heteroatoms. The third-order valence-electron chi connectivity index (χ3n) is 4.82. The lowest BCUT2D eigenvalue weighted by Gasteiger charge is -2.18. The van der Waals surface area contributed by atoms with Crippen molar-refractivity contribution in [1.82, 2.24) is 15.2 Å². The molecule has 0 aromatic carbocycles. The van der Waals surface area contributed by atoms with Crippen LogP contribution in [0.2, 0.25) is 10.2 Å². The van der Waals surface area contributed by atoms with E-state index in [1.54, 1.807) is 7.05 Å². The Balaban J connectivity index is 1.52. The molecule has 2 N–H and O–H groups in total. The number of aromatic nitrogens is 1. The van der Waals surface area contributed by atoms with E-state index in [0.29, 0.717) is 22.1 Å². The molecule has 1 aromatic heterocycles. The molecule has 1 aromatic rings. The van der Waals surface area contributed by atoms with Gasteiger partial charge in [-0.3, -0.25) is 4.99 Å². The summed E-state index contributed by atoms with van der Waals surface area (Å²) >= 11 is 12.1. The SMILES string of the molecule is CN=C(NCc1cc(Cl)c(Cl)n1C)NCC1(C2CC2)CC1. The van der Waals surface area contributed by atoms with Gasteiger partial charge in [-0.25, -0.2) is 0 Å². The zero-order valence-electron chi connectivity index (χ0n) is 12.5. The topological polar surface area (TPSA) is 41.4 Å². The zero-order chi connectivity index (χ0) is 15.0. The minimum atomic E-state index is 0.565. The summed E-state index contributed by atoms with van der Waals surface area (Å²) in [6.45, 7) is 1.69. The van der Waals surface area contributed by atoms with Gasteiger partial charge in [0, 0.05) is 26.3 Å². The first-order valence-corrected chi connectivity index (χ1v) is 8.25. The summed E-state index contributed by atoms with van der Waals surface area (Å²) in [5, 5.41) is 7.95. The van der Waals surface area contributed by atoms with Gasteiger partial charge in [-0.15, -0.1) is 0 Å². The summed E-state index contributed by atoms with van der Waals surface area (Å²) in [7, 11) is 3.71. The first-order chi connectivity index (χ1) is 10.1. The number of aliphatic imine (C=N–C) groups is 1. The fraction of sp³-hybridized carbons (Fsp3) is 0.667. The highest BCUT2D eigenvalue weighted by atomic mass is 35.5. The smallest absolute Gasteiger partial charge is 0.191 e. The standard InChI is InChI=1S/C15H22Cl2N4/c1-18-14(20-9-15(5-6-15)10-3-4-10)19-8-11-7-12(16)13(17)21(11)2/h7,10H,3-6,8-9H2,1-2H3,(H2,18,19,20). The predicted octanol–water partition coefficient (Wildman–Crippen LogP) is 3.19. The maximum atomic E-state index is 6.08. The van der Waals surface area contributed by atoms with Crippen LogP contribution in [-0.4, -0.2) is 24.1 Å². The monoisotopic (exact) mass is 328 g/mol. The van der Waals surface area contributed by atoms with E-state index in [2.05, 4.69) is 15.6 Å². The summed E-state index contributed by atoms with van der Waals surface area (Å²) in [6.07, 6.45) is 5.55. The number of nitrogens with one attached hydrogen (secondary N) is 2. The van der Waals surface area contributed by atoms with Crippen molar-refractivity contribution >= 4 is 29.2 Å². The second-order valence-electron chi connectivity index (χ2n) is 6.25. The summed E-state index contributed by atoms with van der Waals surface area (Å²) in [5.74, 6) is 1.80. The zero-order valence-corrected chi connectivity index (χ0v) is 14.1. The van der Waals surface area contributed by atoms with Crippen LogP contribution >= 0.6 is 23.2 Å². The van der Waals surface area contributed by atoms with Gasteiger partial charge in [0.1, 0.15) is 5.15 Å². The molecule has 0 amide bonds. The van der Waals surface area contributed by atoms with Gasteiger partial charge in [0.25, 0.3) is 0 Å². The van der Waals surface area contributed by atoms with Crippen molar-refractivity contribution in [2.75, 3.05) is 13.6 Å². The van der Waals surface area contributed by atoms with Gasteiger partial charge in [0.05, 0.1) is 11.6 Å². The van der Waals surface area contributed by atoms with Crippen molar-refractivity contribution in [3.05, 3.63) is 21.9 Å². The second kappa shape index (κ2) is 5.73. The fourth-order valence-electron chi connectivity index (χ4n) is 3.00. The van der Waals surface area contributed by atoms with Crippen LogP contribution in [0.25, 0.3) is 0 Å². The third-order valence-corrected chi connectivity index (χ3v) is 5.66. The molecule has 116 valence electrons. The summed E-state index contributed by atoms with van der Waals surface area (Å²) in [6, 6.07) is 1.89. The van der Waals surface area contributed by atoms with E-state index >= 15 is 0 Å². The molecule has 21 heavy (non-hydrogen) atoms. The van der Waals surface area contributed by atoms with Crippen molar-refractivity contribution in [2.45, 2.75) is 32.2 Å². The van der Waals surface area contributed by atoms with Gasteiger partial charge in [0.15, 0.2) is 5.96 Å². The number of rotatable bonds is 5. The molecule has 1 heterocycles. The maximum absolute atomic E-state index is 6.08. The molecular formula is C15H22Cl2N4. The number of hydrogen-bond acceptors (Lipinski definition) is 1. The highest BCUT2D eigenvalue weighted by molar-refractivity contribution is 6.41. The van der Waals surface area contributed by atoms with Crippen molar-refractivity contribution in [1.29, 1.82) is 0 Å². The average Bonchev–Trinajstić information content (AvgIpc) is 3.36. The van der Waals surface area contributed by atoms with Crippen LogP contribution in [0.5, 0.6) is 0 Å². The van der Waals surface area contributed by atoms with E-state index in [1.807, 2.05) is 17.7 Å². The lowest BCUT2D eigenvalue weighted by atomic mass is 10.0. The van der Waals surface area contributed by atoms with Crippen LogP contribution in [0.4, 0.5) is 0 Å². The summed E-state index contributed by atoms with van der Waals surface area (Å²) < 4.78 is 1.89. The second-order valence-corrected chi connectivity index (χ2v) is 7.01. The molecular weight excluding hydrogens is 307 g/mol. The van der Waals surface area contributed by atoms with E-state index in [1.165, 1.54) is 25.7 Å². The fourth-order valence-corrected chi connectivity index (χ4v) is 3.41. The van der Waals surface area contributed by atoms with Gasteiger partial charge in [0.2, 0.25) is 0 Å². The molecule has 0 unspecified atom stereocenters. The van der Waals surface area contributed by atoms with Crippen LogP contribution in [-0.2, 0) is 13.6 Å². The molecule has 0 aliphatic heterocycles. The van der Waals surface area contributed by atoms with E-state index in [-0.39, 0.29) is 0 Å². The van der Waals surface area contributed by atoms with Crippen LogP contribution in [0, 0.1) is 11.3 Å². The number of hydrogen-bond donors (Lipinski definition) is 2. The highest BCUT2D eigenvalue weighted by Crippen LogP contribution is 2.60. The average molecular weight is 329 g/mol. The van der Waals surface area contributed by atoms with E-state index in [0.717, 1.165) is 24.1 Å². The largest absolute Gasteiger partial charge is 0.356 e. The molecule has 0 bridgehead atoms. The van der Waals surface area contributed by atoms with Crippen molar-refractivity contribution in [3.8, 4) is 0 Å². The normalized spacial score (nSPS) is 20.5. The molecule has 4 nitrogen and oxygen atoms in total. The molecule has 0 atom stereocenters. The van der Waals surface area contributed by atoms with Gasteiger partial charge in [-0.05, 0) is 43.1 Å². The van der Waals surface area contributed by atoms with Crippen molar-refractivity contribution in [2.24, 2.45) is 23.4 Å². The quantitative estimate of drug-likeness (QED) is 0.643. The van der Waals surface area contributed by atoms with Gasteiger partial charge in [-0.2, -0.15) is 0 Å². The Hall–Kier alpha value is -0.870. The Bertz CT molecular complexity index is 556. The third kappa shape index (κ3) is 3.16. The molecule has 0 saturated heterocycles. The number of nitrogens with zero attached hydrogens (tertiary/aromatic N) is 2. The lowest BCUT2D eigenvalue weighted by molar-refractivity contribution is 0.431. The molecule has 2 aliphatic rings. The molecule has 2 fully saturated rings. The van der Waals surface area contributed by atoms with Crippen molar-refractivity contribution < 1.29 is 0 Å². The number of halogens is 2. The van der Waals surface area contributed by atoms with Crippen LogP contribution in [0.3, 0.4) is 0 Å². The Kier molecular flexibility index (Phi) is 4.10. The van der Waals surface area contributed by atoms with E-state index in [9.17, 15) is 0 Å². The Morgan fingerprint density at radius 1 is 1.38 bits per heavy atom. The molecule has 0 radical (unpaired) electrons. The highest BCUT2D eigenvalue weighted by Gasteiger charge is 2.53. The maximum Gasteiger partial charge on any atom is 0.191 e. The van der Waals surface area contributed by atoms with Crippen LogP contribution in [0.15, 0.2) is 11.1 Å². The van der Waals surface area contributed by atoms with E-state index in [4.69, 9.17) is 23.2 Å². The summed E-state index contributed by atoms with van der Waals surface area (Å²) in [4.78, 5) is 4.29. The molecule has 0 spiro atoms. The Morgan fingerprint density at radius 2 is 2.10 bits per heavy atom. The Labute approximate surface area is 135 Å². The minimum absolute atomic E-state index is 0.565. The molecule has 2 aliphatic carbocycles. The molecule has 3 rings (SSSR count). The van der Waals surface area contributed by atoms with Gasteiger partial charge >= 0.3 is 0 Å². The lowest BCUT2D eigenvalue weighted by Crippen LogP contribution is -2.40. The minimum Gasteiger partial charge on any atom is -0.356 e. The Morgan fingerprint density at radius 3 is 2.57 bits per heavy atom. The van der Waals surface area contributed by atoms with Gasteiger partial charge < -0.3 is 15.2 Å². The first-order valence-electron chi connectivity index (χ1n) is 7.50. The van der Waals surface area contributed by atoms with Crippen LogP contribution < -0.4 is 10.6 Å². The van der Waals surface area contributed by atoms with Crippen LogP contribution in [0.1, 0.15) is 31.4 Å². The number of guanidine groups is 1. The van der Waals surface area contributed by atoms with Crippen molar-refractivity contribution in [3.63, 3.8) is 0 Å². The first kappa shape index (κ1) is 15.0. The summed E-state index contributed by atoms with van der Waals surface area (Å²) in [5.41, 5.74) is 1.60. The van der Waals surface area contributed by atoms with E-state index < -0.39 is 0 Å². The predicted molar refractivity (Wildman–Crippen MR) is 88.0 cm³/mol.